The van der Waals surface area contributed by atoms with E-state index in [9.17, 15) is 9.18 Å². The molecular weight excluding hydrogens is 362 g/mol. The molecule has 0 fully saturated rings. The fourth-order valence-corrected chi connectivity index (χ4v) is 2.45. The topological polar surface area (TPSA) is 41.5 Å². The average Bonchev–Trinajstić information content (AvgIpc) is 2.52. The summed E-state index contributed by atoms with van der Waals surface area (Å²) in [6, 6.07) is 11.3. The molecule has 0 aliphatic heterocycles. The van der Waals surface area contributed by atoms with Crippen LogP contribution < -0.4 is 5.32 Å². The molecule has 0 atom stereocenters. The van der Waals surface area contributed by atoms with Gasteiger partial charge in [-0.2, -0.15) is 0 Å². The van der Waals surface area contributed by atoms with Gasteiger partial charge in [-0.05, 0) is 36.4 Å². The third-order valence-corrected chi connectivity index (χ3v) is 3.86. The Bertz CT molecular complexity index is 813. The number of aliphatic imine (C=N–C) groups is 1. The zero-order chi connectivity index (χ0) is 18.6. The van der Waals surface area contributed by atoms with E-state index in [0.29, 0.717) is 5.02 Å². The molecule has 25 heavy (non-hydrogen) atoms. The van der Waals surface area contributed by atoms with Crippen LogP contribution in [0, 0.1) is 11.2 Å². The number of hydrogen-bond acceptors (Lipinski definition) is 3. The Morgan fingerprint density at radius 3 is 2.40 bits per heavy atom. The van der Waals surface area contributed by atoms with Crippen LogP contribution in [-0.2, 0) is 4.79 Å². The summed E-state index contributed by atoms with van der Waals surface area (Å²) in [6.45, 7) is 5.53. The van der Waals surface area contributed by atoms with E-state index in [2.05, 4.69) is 10.3 Å². The third-order valence-electron chi connectivity index (χ3n) is 3.39. The highest BCUT2D eigenvalue weighted by atomic mass is 35.5. The summed E-state index contributed by atoms with van der Waals surface area (Å²) in [4.78, 5) is 16.9. The normalized spacial score (nSPS) is 12.2. The molecule has 2 aromatic carbocycles. The fourth-order valence-electron chi connectivity index (χ4n) is 2.11. The summed E-state index contributed by atoms with van der Waals surface area (Å²) in [5.41, 5.74) is 0.412. The molecule has 132 valence electrons. The molecule has 0 aromatic heterocycles. The summed E-state index contributed by atoms with van der Waals surface area (Å²) in [6.07, 6.45) is 0. The molecule has 0 unspecified atom stereocenters. The number of halogens is 3. The Balaban J connectivity index is 2.32. The number of rotatable bonds is 5. The first-order chi connectivity index (χ1) is 11.7. The molecule has 0 amide bonds. The predicted octanol–water partition coefficient (Wildman–Crippen LogP) is 5.93. The van der Waals surface area contributed by atoms with Crippen molar-refractivity contribution in [2.75, 3.05) is 11.9 Å². The van der Waals surface area contributed by atoms with Crippen molar-refractivity contribution in [2.24, 2.45) is 10.4 Å². The van der Waals surface area contributed by atoms with Gasteiger partial charge in [-0.3, -0.25) is 4.79 Å². The van der Waals surface area contributed by atoms with Gasteiger partial charge in [0.05, 0.1) is 12.2 Å². The van der Waals surface area contributed by atoms with E-state index in [-0.39, 0.29) is 28.7 Å². The van der Waals surface area contributed by atoms with Crippen molar-refractivity contribution in [3.05, 3.63) is 58.3 Å². The monoisotopic (exact) mass is 380 g/mol. The van der Waals surface area contributed by atoms with E-state index in [1.54, 1.807) is 39.0 Å². The van der Waals surface area contributed by atoms with Gasteiger partial charge < -0.3 is 5.32 Å². The minimum absolute atomic E-state index is 0.0740. The molecule has 0 saturated carbocycles. The Labute approximate surface area is 156 Å². The molecule has 0 aliphatic carbocycles. The number of nitrogens with zero attached hydrogens (tertiary/aromatic N) is 1. The standard InChI is InChI=1S/C19H19Cl2FN2O/c1-19(2,3)18(25)17(11-23-14-6-4-5-12(20)9-14)24-16-8-7-13(21)10-15(16)22/h4-10,23H,11H2,1-3H3. The maximum atomic E-state index is 14.0. The van der Waals surface area contributed by atoms with Crippen LogP contribution in [0.5, 0.6) is 0 Å². The first-order valence-electron chi connectivity index (χ1n) is 7.73. The van der Waals surface area contributed by atoms with Gasteiger partial charge in [0.15, 0.2) is 5.78 Å². The third kappa shape index (κ3) is 5.55. The molecule has 1 N–H and O–H groups in total. The molecule has 0 heterocycles. The Morgan fingerprint density at radius 2 is 1.80 bits per heavy atom. The molecule has 0 aliphatic rings. The smallest absolute Gasteiger partial charge is 0.184 e. The quantitative estimate of drug-likeness (QED) is 0.652. The summed E-state index contributed by atoms with van der Waals surface area (Å²) in [5, 5.41) is 3.96. The minimum atomic E-state index is -0.641. The molecule has 0 radical (unpaired) electrons. The maximum absolute atomic E-state index is 14.0. The molecule has 6 heteroatoms. The number of nitrogens with one attached hydrogen (secondary N) is 1. The van der Waals surface area contributed by atoms with Crippen LogP contribution in [0.1, 0.15) is 20.8 Å². The fraction of sp³-hybridized carbons (Fsp3) is 0.263. The zero-order valence-electron chi connectivity index (χ0n) is 14.2. The van der Waals surface area contributed by atoms with E-state index in [1.807, 2.05) is 6.07 Å². The van der Waals surface area contributed by atoms with Gasteiger partial charge in [-0.25, -0.2) is 9.38 Å². The van der Waals surface area contributed by atoms with Crippen molar-refractivity contribution in [1.82, 2.24) is 0 Å². The van der Waals surface area contributed by atoms with Gasteiger partial charge in [0.1, 0.15) is 11.5 Å². The van der Waals surface area contributed by atoms with Crippen LogP contribution in [0.15, 0.2) is 47.5 Å². The molecule has 2 rings (SSSR count). The number of carbonyl (C=O) groups excluding carboxylic acids is 1. The highest BCUT2D eigenvalue weighted by Gasteiger charge is 2.26. The van der Waals surface area contributed by atoms with Gasteiger partial charge in [0.2, 0.25) is 0 Å². The first-order valence-corrected chi connectivity index (χ1v) is 8.49. The lowest BCUT2D eigenvalue weighted by atomic mass is 9.88. The van der Waals surface area contributed by atoms with Crippen LogP contribution in [0.4, 0.5) is 15.8 Å². The number of hydrogen-bond donors (Lipinski definition) is 1. The van der Waals surface area contributed by atoms with E-state index in [1.165, 1.54) is 18.2 Å². The number of anilines is 1. The maximum Gasteiger partial charge on any atom is 0.184 e. The molecule has 3 nitrogen and oxygen atoms in total. The SMILES string of the molecule is CC(C)(C)C(=O)C(CNc1cccc(Cl)c1)=Nc1ccc(Cl)cc1F. The number of Topliss-reactive ketones (excluding diaryl/α,β-unsaturated/α-hetero) is 1. The van der Waals surface area contributed by atoms with Crippen LogP contribution >= 0.6 is 23.2 Å². The molecule has 0 spiro atoms. The lowest BCUT2D eigenvalue weighted by Gasteiger charge is -2.19. The Kier molecular flexibility index (Phi) is 6.20. The first kappa shape index (κ1) is 19.4. The number of benzene rings is 2. The Hall–Kier alpha value is -1.91. The van der Waals surface area contributed by atoms with Crippen LogP contribution in [0.2, 0.25) is 10.0 Å². The molecule has 0 saturated heterocycles. The highest BCUT2D eigenvalue weighted by molar-refractivity contribution is 6.43. The lowest BCUT2D eigenvalue weighted by molar-refractivity contribution is -0.119. The number of carbonyl (C=O) groups is 1. The van der Waals surface area contributed by atoms with Crippen molar-refractivity contribution in [3.8, 4) is 0 Å². The average molecular weight is 381 g/mol. The van der Waals surface area contributed by atoms with E-state index in [4.69, 9.17) is 23.2 Å². The summed E-state index contributed by atoms with van der Waals surface area (Å²) in [5.74, 6) is -0.745. The van der Waals surface area contributed by atoms with Gasteiger partial charge in [0.25, 0.3) is 0 Å². The zero-order valence-corrected chi connectivity index (χ0v) is 15.7. The second-order valence-electron chi connectivity index (χ2n) is 6.60. The van der Waals surface area contributed by atoms with Crippen LogP contribution in [-0.4, -0.2) is 18.0 Å². The predicted molar refractivity (Wildman–Crippen MR) is 103 cm³/mol. The van der Waals surface area contributed by atoms with Crippen LogP contribution in [0.3, 0.4) is 0 Å². The van der Waals surface area contributed by atoms with Crippen molar-refractivity contribution in [2.45, 2.75) is 20.8 Å². The molecule has 0 bridgehead atoms. The summed E-state index contributed by atoms with van der Waals surface area (Å²) < 4.78 is 14.0. The van der Waals surface area contributed by atoms with Gasteiger partial charge >= 0.3 is 0 Å². The van der Waals surface area contributed by atoms with Crippen LogP contribution in [0.25, 0.3) is 0 Å². The highest BCUT2D eigenvalue weighted by Crippen LogP contribution is 2.24. The number of ketones is 1. The van der Waals surface area contributed by atoms with Gasteiger partial charge in [-0.15, -0.1) is 0 Å². The van der Waals surface area contributed by atoms with E-state index >= 15 is 0 Å². The van der Waals surface area contributed by atoms with Crippen molar-refractivity contribution >= 4 is 46.1 Å². The molecular formula is C19H19Cl2FN2O. The van der Waals surface area contributed by atoms with Gasteiger partial charge in [0, 0.05) is 21.1 Å². The van der Waals surface area contributed by atoms with Crippen molar-refractivity contribution < 1.29 is 9.18 Å². The summed E-state index contributed by atoms with van der Waals surface area (Å²) in [7, 11) is 0. The molecule has 2 aromatic rings. The largest absolute Gasteiger partial charge is 0.379 e. The van der Waals surface area contributed by atoms with E-state index < -0.39 is 11.2 Å². The second-order valence-corrected chi connectivity index (χ2v) is 7.47. The van der Waals surface area contributed by atoms with Crippen molar-refractivity contribution in [3.63, 3.8) is 0 Å². The van der Waals surface area contributed by atoms with E-state index in [0.717, 1.165) is 5.69 Å². The Morgan fingerprint density at radius 1 is 1.12 bits per heavy atom. The minimum Gasteiger partial charge on any atom is -0.379 e. The lowest BCUT2D eigenvalue weighted by Crippen LogP contribution is -2.33. The van der Waals surface area contributed by atoms with Crippen molar-refractivity contribution in [1.29, 1.82) is 0 Å². The second kappa shape index (κ2) is 7.98. The summed E-state index contributed by atoms with van der Waals surface area (Å²) >= 11 is 11.7. The van der Waals surface area contributed by atoms with Gasteiger partial charge in [-0.1, -0.05) is 50.0 Å².